The first-order valence-electron chi connectivity index (χ1n) is 9.48. The van der Waals surface area contributed by atoms with Crippen molar-refractivity contribution < 1.29 is 0 Å². The highest BCUT2D eigenvalue weighted by Gasteiger charge is 2.10. The Kier molecular flexibility index (Phi) is 5.56. The van der Waals surface area contributed by atoms with Gasteiger partial charge in [-0.15, -0.1) is 0 Å². The predicted octanol–water partition coefficient (Wildman–Crippen LogP) is 4.20. The van der Waals surface area contributed by atoms with E-state index in [0.717, 1.165) is 43.8 Å². The van der Waals surface area contributed by atoms with Crippen LogP contribution in [0.3, 0.4) is 0 Å². The maximum absolute atomic E-state index is 4.89. The van der Waals surface area contributed by atoms with Crippen LogP contribution in [0.1, 0.15) is 23.4 Å². The van der Waals surface area contributed by atoms with Gasteiger partial charge in [-0.25, -0.2) is 4.98 Å². The summed E-state index contributed by atoms with van der Waals surface area (Å²) in [6.07, 6.45) is 5.73. The minimum absolute atomic E-state index is 0.855. The van der Waals surface area contributed by atoms with Gasteiger partial charge in [0, 0.05) is 31.9 Å². The van der Waals surface area contributed by atoms with Gasteiger partial charge in [-0.3, -0.25) is 4.98 Å². The van der Waals surface area contributed by atoms with E-state index < -0.39 is 0 Å². The van der Waals surface area contributed by atoms with Crippen LogP contribution in [-0.4, -0.2) is 21.1 Å². The van der Waals surface area contributed by atoms with Crippen molar-refractivity contribution in [1.29, 1.82) is 0 Å². The van der Waals surface area contributed by atoms with Crippen molar-refractivity contribution in [3.63, 3.8) is 0 Å². The van der Waals surface area contributed by atoms with E-state index in [0.29, 0.717) is 0 Å². The predicted molar refractivity (Wildman–Crippen MR) is 110 cm³/mol. The van der Waals surface area contributed by atoms with E-state index in [1.54, 1.807) is 6.20 Å². The number of nitrogens with one attached hydrogen (secondary N) is 1. The van der Waals surface area contributed by atoms with Crippen molar-refractivity contribution in [2.24, 2.45) is 0 Å². The van der Waals surface area contributed by atoms with Crippen molar-refractivity contribution in [2.75, 3.05) is 6.54 Å². The van der Waals surface area contributed by atoms with Gasteiger partial charge in [0.2, 0.25) is 0 Å². The number of benzene rings is 2. The lowest BCUT2D eigenvalue weighted by atomic mass is 10.2. The molecule has 136 valence electrons. The third-order valence-electron chi connectivity index (χ3n) is 4.72. The average molecular weight is 356 g/mol. The Morgan fingerprint density at radius 1 is 0.852 bits per heavy atom. The van der Waals surface area contributed by atoms with Crippen molar-refractivity contribution in [3.05, 3.63) is 96.1 Å². The number of nitrogens with zero attached hydrogens (tertiary/aromatic N) is 3. The molecule has 1 N–H and O–H groups in total. The first-order valence-corrected chi connectivity index (χ1v) is 9.48. The second-order valence-electron chi connectivity index (χ2n) is 6.73. The second-order valence-corrected chi connectivity index (χ2v) is 6.73. The van der Waals surface area contributed by atoms with Crippen molar-refractivity contribution in [1.82, 2.24) is 19.9 Å². The number of pyridine rings is 1. The maximum atomic E-state index is 4.89. The van der Waals surface area contributed by atoms with E-state index in [4.69, 9.17) is 4.98 Å². The van der Waals surface area contributed by atoms with Crippen LogP contribution in [0.25, 0.3) is 11.0 Å². The van der Waals surface area contributed by atoms with E-state index in [9.17, 15) is 0 Å². The van der Waals surface area contributed by atoms with Gasteiger partial charge < -0.3 is 9.88 Å². The Hall–Kier alpha value is -2.98. The summed E-state index contributed by atoms with van der Waals surface area (Å²) in [5.41, 5.74) is 4.80. The molecule has 4 nitrogen and oxygen atoms in total. The van der Waals surface area contributed by atoms with Gasteiger partial charge in [-0.2, -0.15) is 0 Å². The largest absolute Gasteiger partial charge is 0.323 e. The summed E-state index contributed by atoms with van der Waals surface area (Å²) in [6, 6.07) is 23.1. The molecule has 0 unspecified atom stereocenters. The highest BCUT2D eigenvalue weighted by atomic mass is 15.1. The number of hydrogen-bond donors (Lipinski definition) is 1. The molecule has 0 radical (unpaired) electrons. The number of para-hydroxylation sites is 2. The number of aryl methyl sites for hydroxylation is 1. The third kappa shape index (κ3) is 4.41. The lowest BCUT2D eigenvalue weighted by Gasteiger charge is -2.10. The standard InChI is InChI=1S/C23H24N4/c1-2-8-19(9-3-1)18-27-22-12-5-4-11-21(22)26-23(27)13-7-15-25-17-20-10-6-14-24-16-20/h1-6,8-12,14,16,25H,7,13,15,17-18H2. The van der Waals surface area contributed by atoms with E-state index >= 15 is 0 Å². The Bertz CT molecular complexity index is 977. The van der Waals surface area contributed by atoms with Crippen molar-refractivity contribution >= 4 is 11.0 Å². The SMILES string of the molecule is c1ccc(Cn2c(CCCNCc3cccnc3)nc3ccccc32)cc1. The minimum atomic E-state index is 0.855. The summed E-state index contributed by atoms with van der Waals surface area (Å²) in [4.78, 5) is 9.04. The monoisotopic (exact) mass is 356 g/mol. The zero-order chi connectivity index (χ0) is 18.3. The minimum Gasteiger partial charge on any atom is -0.323 e. The van der Waals surface area contributed by atoms with Gasteiger partial charge in [0.1, 0.15) is 5.82 Å². The van der Waals surface area contributed by atoms with E-state index in [1.807, 2.05) is 12.3 Å². The summed E-state index contributed by atoms with van der Waals surface area (Å²) in [7, 11) is 0. The van der Waals surface area contributed by atoms with Crippen LogP contribution >= 0.6 is 0 Å². The molecule has 4 aromatic rings. The van der Waals surface area contributed by atoms with Crippen molar-refractivity contribution in [3.8, 4) is 0 Å². The summed E-state index contributed by atoms with van der Waals surface area (Å²) >= 11 is 0. The fourth-order valence-electron chi connectivity index (χ4n) is 3.37. The summed E-state index contributed by atoms with van der Waals surface area (Å²) in [6.45, 7) is 2.68. The molecule has 0 saturated heterocycles. The first-order chi connectivity index (χ1) is 13.4. The molecule has 0 aliphatic carbocycles. The summed E-state index contributed by atoms with van der Waals surface area (Å²) in [5, 5.41) is 3.50. The maximum Gasteiger partial charge on any atom is 0.110 e. The number of hydrogen-bond acceptors (Lipinski definition) is 3. The molecular weight excluding hydrogens is 332 g/mol. The Balaban J connectivity index is 1.42. The number of imidazole rings is 1. The first kappa shape index (κ1) is 17.4. The Labute approximate surface area is 159 Å². The van der Waals surface area contributed by atoms with Gasteiger partial charge in [-0.05, 0) is 42.3 Å². The molecule has 0 spiro atoms. The number of fused-ring (bicyclic) bond motifs is 1. The third-order valence-corrected chi connectivity index (χ3v) is 4.72. The van der Waals surface area contributed by atoms with E-state index in [-0.39, 0.29) is 0 Å². The smallest absolute Gasteiger partial charge is 0.110 e. The van der Waals surface area contributed by atoms with E-state index in [1.165, 1.54) is 16.6 Å². The molecule has 0 fully saturated rings. The lowest BCUT2D eigenvalue weighted by molar-refractivity contribution is 0.623. The quantitative estimate of drug-likeness (QED) is 0.481. The van der Waals surface area contributed by atoms with Crippen LogP contribution in [0.15, 0.2) is 79.1 Å². The summed E-state index contributed by atoms with van der Waals surface area (Å²) in [5.74, 6) is 1.16. The van der Waals surface area contributed by atoms with Crippen LogP contribution < -0.4 is 5.32 Å². The molecule has 2 heterocycles. The zero-order valence-corrected chi connectivity index (χ0v) is 15.4. The highest BCUT2D eigenvalue weighted by Crippen LogP contribution is 2.19. The molecule has 27 heavy (non-hydrogen) atoms. The molecule has 0 bridgehead atoms. The van der Waals surface area contributed by atoms with Gasteiger partial charge in [0.15, 0.2) is 0 Å². The van der Waals surface area contributed by atoms with Crippen LogP contribution in [0.5, 0.6) is 0 Å². The molecule has 0 atom stereocenters. The van der Waals surface area contributed by atoms with Gasteiger partial charge in [0.05, 0.1) is 11.0 Å². The average Bonchev–Trinajstić information content (AvgIpc) is 3.07. The van der Waals surface area contributed by atoms with Crippen LogP contribution in [0, 0.1) is 0 Å². The normalized spacial score (nSPS) is 11.1. The molecule has 4 heteroatoms. The van der Waals surface area contributed by atoms with Crippen LogP contribution in [-0.2, 0) is 19.5 Å². The molecule has 0 aliphatic rings. The topological polar surface area (TPSA) is 42.7 Å². The Morgan fingerprint density at radius 2 is 1.67 bits per heavy atom. The highest BCUT2D eigenvalue weighted by molar-refractivity contribution is 5.76. The number of aromatic nitrogens is 3. The molecular formula is C23H24N4. The number of rotatable bonds is 8. The van der Waals surface area contributed by atoms with Gasteiger partial charge in [0.25, 0.3) is 0 Å². The molecule has 0 amide bonds. The fourth-order valence-corrected chi connectivity index (χ4v) is 3.37. The summed E-state index contributed by atoms with van der Waals surface area (Å²) < 4.78 is 2.35. The molecule has 2 aromatic carbocycles. The van der Waals surface area contributed by atoms with Gasteiger partial charge >= 0.3 is 0 Å². The lowest BCUT2D eigenvalue weighted by Crippen LogP contribution is -2.16. The fraction of sp³-hybridized carbons (Fsp3) is 0.217. The van der Waals surface area contributed by atoms with Gasteiger partial charge in [-0.1, -0.05) is 48.5 Å². The van der Waals surface area contributed by atoms with Crippen LogP contribution in [0.2, 0.25) is 0 Å². The molecule has 0 saturated carbocycles. The second kappa shape index (κ2) is 8.60. The Morgan fingerprint density at radius 3 is 2.52 bits per heavy atom. The molecule has 4 rings (SSSR count). The molecule has 0 aliphatic heterocycles. The van der Waals surface area contributed by atoms with Crippen molar-refractivity contribution in [2.45, 2.75) is 25.9 Å². The van der Waals surface area contributed by atoms with E-state index in [2.05, 4.69) is 75.5 Å². The van der Waals surface area contributed by atoms with Crippen LogP contribution in [0.4, 0.5) is 0 Å². The molecule has 2 aromatic heterocycles. The zero-order valence-electron chi connectivity index (χ0n) is 15.4.